The molecule has 0 radical (unpaired) electrons. The summed E-state index contributed by atoms with van der Waals surface area (Å²) >= 11 is 1.49. The number of phenolic OH excluding ortho intramolecular Hbond substituents is 2. The van der Waals surface area contributed by atoms with E-state index in [4.69, 9.17) is 0 Å². The Morgan fingerprint density at radius 3 is 2.93 bits per heavy atom. The summed E-state index contributed by atoms with van der Waals surface area (Å²) in [5.74, 6) is -0.185. The summed E-state index contributed by atoms with van der Waals surface area (Å²) in [7, 11) is 0. The highest BCUT2D eigenvalue weighted by Crippen LogP contribution is 2.28. The zero-order valence-electron chi connectivity index (χ0n) is 7.84. The van der Waals surface area contributed by atoms with Crippen LogP contribution in [0, 0.1) is 0 Å². The van der Waals surface area contributed by atoms with Gasteiger partial charge in [0.15, 0.2) is 16.6 Å². The summed E-state index contributed by atoms with van der Waals surface area (Å²) in [6.07, 6.45) is 1.70. The van der Waals surface area contributed by atoms with E-state index < -0.39 is 0 Å². The van der Waals surface area contributed by atoms with Gasteiger partial charge in [-0.3, -0.25) is 0 Å². The Morgan fingerprint density at radius 2 is 2.20 bits per heavy atom. The summed E-state index contributed by atoms with van der Waals surface area (Å²) < 4.78 is 0. The van der Waals surface area contributed by atoms with Crippen molar-refractivity contribution >= 4 is 16.5 Å². The molecule has 0 fully saturated rings. The number of aromatic nitrogens is 1. The first-order valence-corrected chi connectivity index (χ1v) is 5.28. The molecule has 78 valence electrons. The predicted octanol–water partition coefficient (Wildman–Crippen LogP) is 2.17. The average Bonchev–Trinajstić information content (AvgIpc) is 2.73. The Morgan fingerprint density at radius 1 is 1.33 bits per heavy atom. The number of nitrogens with zero attached hydrogens (tertiary/aromatic N) is 1. The maximum absolute atomic E-state index is 9.52. The van der Waals surface area contributed by atoms with Crippen molar-refractivity contribution in [2.75, 3.05) is 5.32 Å². The van der Waals surface area contributed by atoms with Gasteiger partial charge < -0.3 is 15.5 Å². The van der Waals surface area contributed by atoms with Gasteiger partial charge in [-0.05, 0) is 6.07 Å². The van der Waals surface area contributed by atoms with Crippen molar-refractivity contribution in [2.45, 2.75) is 6.54 Å². The summed E-state index contributed by atoms with van der Waals surface area (Å²) in [4.78, 5) is 4.05. The second kappa shape index (κ2) is 4.18. The van der Waals surface area contributed by atoms with Crippen molar-refractivity contribution in [2.24, 2.45) is 0 Å². The first kappa shape index (κ1) is 9.79. The van der Waals surface area contributed by atoms with Gasteiger partial charge in [-0.25, -0.2) is 4.98 Å². The molecule has 0 aliphatic rings. The smallest absolute Gasteiger partial charge is 0.182 e. The van der Waals surface area contributed by atoms with E-state index in [9.17, 15) is 10.2 Å². The first-order valence-electron chi connectivity index (χ1n) is 4.40. The van der Waals surface area contributed by atoms with Crippen LogP contribution in [0.4, 0.5) is 5.13 Å². The lowest BCUT2D eigenvalue weighted by atomic mass is 10.2. The SMILES string of the molecule is Oc1cccc(CNc2nccs2)c1O. The summed E-state index contributed by atoms with van der Waals surface area (Å²) in [5, 5.41) is 24.5. The molecule has 1 heterocycles. The molecule has 3 N–H and O–H groups in total. The highest BCUT2D eigenvalue weighted by molar-refractivity contribution is 7.13. The largest absolute Gasteiger partial charge is 0.504 e. The molecular formula is C10H10N2O2S. The van der Waals surface area contributed by atoms with Crippen LogP contribution in [0.5, 0.6) is 11.5 Å². The highest BCUT2D eigenvalue weighted by atomic mass is 32.1. The Bertz CT molecular complexity index is 443. The van der Waals surface area contributed by atoms with Crippen LogP contribution in [-0.2, 0) is 6.54 Å². The van der Waals surface area contributed by atoms with Crippen LogP contribution < -0.4 is 5.32 Å². The van der Waals surface area contributed by atoms with Crippen molar-refractivity contribution in [3.05, 3.63) is 35.3 Å². The van der Waals surface area contributed by atoms with E-state index in [1.54, 1.807) is 18.3 Å². The minimum Gasteiger partial charge on any atom is -0.504 e. The molecule has 0 saturated heterocycles. The molecule has 0 saturated carbocycles. The van der Waals surface area contributed by atoms with Crippen LogP contribution in [0.3, 0.4) is 0 Å². The van der Waals surface area contributed by atoms with E-state index in [-0.39, 0.29) is 11.5 Å². The minimum atomic E-state index is -0.103. The van der Waals surface area contributed by atoms with Gasteiger partial charge in [-0.15, -0.1) is 11.3 Å². The number of hydrogen-bond acceptors (Lipinski definition) is 5. The number of benzene rings is 1. The van der Waals surface area contributed by atoms with E-state index in [0.717, 1.165) is 5.13 Å². The topological polar surface area (TPSA) is 65.4 Å². The van der Waals surface area contributed by atoms with Crippen LogP contribution in [0.2, 0.25) is 0 Å². The molecule has 0 amide bonds. The number of thiazole rings is 1. The second-order valence-electron chi connectivity index (χ2n) is 2.98. The molecule has 0 spiro atoms. The maximum atomic E-state index is 9.52. The molecule has 5 heteroatoms. The lowest BCUT2D eigenvalue weighted by Gasteiger charge is -2.06. The highest BCUT2D eigenvalue weighted by Gasteiger charge is 2.05. The van der Waals surface area contributed by atoms with Crippen molar-refractivity contribution in [1.82, 2.24) is 4.98 Å². The maximum Gasteiger partial charge on any atom is 0.182 e. The predicted molar refractivity (Wildman–Crippen MR) is 59.2 cm³/mol. The molecule has 0 unspecified atom stereocenters. The number of aromatic hydroxyl groups is 2. The Labute approximate surface area is 90.9 Å². The molecule has 0 aliphatic heterocycles. The third kappa shape index (κ3) is 2.19. The van der Waals surface area contributed by atoms with E-state index in [1.807, 2.05) is 5.38 Å². The van der Waals surface area contributed by atoms with Crippen LogP contribution in [0.15, 0.2) is 29.8 Å². The summed E-state index contributed by atoms with van der Waals surface area (Å²) in [6.45, 7) is 0.438. The van der Waals surface area contributed by atoms with E-state index in [1.165, 1.54) is 17.4 Å². The number of hydrogen-bond donors (Lipinski definition) is 3. The zero-order chi connectivity index (χ0) is 10.7. The van der Waals surface area contributed by atoms with Crippen LogP contribution in [-0.4, -0.2) is 15.2 Å². The fourth-order valence-electron chi connectivity index (χ4n) is 1.20. The molecule has 1 aromatic carbocycles. The Balaban J connectivity index is 2.08. The number of anilines is 1. The number of phenols is 2. The Hall–Kier alpha value is -1.75. The molecule has 2 rings (SSSR count). The van der Waals surface area contributed by atoms with E-state index >= 15 is 0 Å². The molecule has 4 nitrogen and oxygen atoms in total. The van der Waals surface area contributed by atoms with Gasteiger partial charge in [0.2, 0.25) is 0 Å². The number of rotatable bonds is 3. The van der Waals surface area contributed by atoms with E-state index in [0.29, 0.717) is 12.1 Å². The fourth-order valence-corrected chi connectivity index (χ4v) is 1.73. The quantitative estimate of drug-likeness (QED) is 0.696. The third-order valence-electron chi connectivity index (χ3n) is 1.96. The van der Waals surface area contributed by atoms with Gasteiger partial charge in [0, 0.05) is 23.7 Å². The molecule has 1 aromatic heterocycles. The standard InChI is InChI=1S/C10H10N2O2S/c13-8-3-1-2-7(9(8)14)6-12-10-11-4-5-15-10/h1-5,13-14H,6H2,(H,11,12). The zero-order valence-corrected chi connectivity index (χ0v) is 8.66. The normalized spacial score (nSPS) is 10.1. The van der Waals surface area contributed by atoms with Crippen molar-refractivity contribution in [3.8, 4) is 11.5 Å². The fraction of sp³-hybridized carbons (Fsp3) is 0.100. The number of nitrogens with one attached hydrogen (secondary N) is 1. The lowest BCUT2D eigenvalue weighted by molar-refractivity contribution is 0.400. The van der Waals surface area contributed by atoms with E-state index in [2.05, 4.69) is 10.3 Å². The molecule has 2 aromatic rings. The van der Waals surface area contributed by atoms with Gasteiger partial charge in [0.1, 0.15) is 0 Å². The van der Waals surface area contributed by atoms with Crippen molar-refractivity contribution in [1.29, 1.82) is 0 Å². The van der Waals surface area contributed by atoms with Gasteiger partial charge in [-0.2, -0.15) is 0 Å². The van der Waals surface area contributed by atoms with Gasteiger partial charge in [0.25, 0.3) is 0 Å². The average molecular weight is 222 g/mol. The third-order valence-corrected chi connectivity index (χ3v) is 2.69. The summed E-state index contributed by atoms with van der Waals surface area (Å²) in [5.41, 5.74) is 0.644. The number of para-hydroxylation sites is 1. The molecular weight excluding hydrogens is 212 g/mol. The van der Waals surface area contributed by atoms with Crippen molar-refractivity contribution < 1.29 is 10.2 Å². The second-order valence-corrected chi connectivity index (χ2v) is 3.87. The van der Waals surface area contributed by atoms with Crippen LogP contribution >= 0.6 is 11.3 Å². The minimum absolute atomic E-state index is 0.0819. The monoisotopic (exact) mass is 222 g/mol. The van der Waals surface area contributed by atoms with Gasteiger partial charge in [0.05, 0.1) is 0 Å². The Kier molecular flexibility index (Phi) is 2.73. The molecule has 0 atom stereocenters. The molecule has 15 heavy (non-hydrogen) atoms. The lowest BCUT2D eigenvalue weighted by Crippen LogP contribution is -1.98. The molecule has 0 aliphatic carbocycles. The van der Waals surface area contributed by atoms with Gasteiger partial charge in [-0.1, -0.05) is 12.1 Å². The van der Waals surface area contributed by atoms with Gasteiger partial charge >= 0.3 is 0 Å². The van der Waals surface area contributed by atoms with Crippen LogP contribution in [0.1, 0.15) is 5.56 Å². The summed E-state index contributed by atoms with van der Waals surface area (Å²) in [6, 6.07) is 4.88. The van der Waals surface area contributed by atoms with Crippen LogP contribution in [0.25, 0.3) is 0 Å². The molecule has 0 bridgehead atoms. The van der Waals surface area contributed by atoms with Crippen molar-refractivity contribution in [3.63, 3.8) is 0 Å². The first-order chi connectivity index (χ1) is 7.27.